The zero-order valence-corrected chi connectivity index (χ0v) is 12.2. The summed E-state index contributed by atoms with van der Waals surface area (Å²) in [5.41, 5.74) is 0.452. The van der Waals surface area contributed by atoms with E-state index < -0.39 is 0 Å². The number of carbonyl (C=O) groups is 1. The molecule has 21 heavy (non-hydrogen) atoms. The van der Waals surface area contributed by atoms with E-state index in [4.69, 9.17) is 4.74 Å². The molecule has 2 aromatic heterocycles. The fraction of sp³-hybridized carbons (Fsp3) is 0.538. The number of anilines is 1. The van der Waals surface area contributed by atoms with Crippen molar-refractivity contribution in [2.24, 2.45) is 5.92 Å². The summed E-state index contributed by atoms with van der Waals surface area (Å²) in [5.74, 6) is 1.86. The van der Waals surface area contributed by atoms with Crippen molar-refractivity contribution in [1.29, 1.82) is 0 Å². The lowest BCUT2D eigenvalue weighted by atomic mass is 10.3. The number of nitrogens with zero attached hydrogens (tertiary/aromatic N) is 4. The number of carbonyl (C=O) groups excluding carboxylic acids is 1. The molecule has 1 N–H and O–H groups in total. The molecule has 8 heteroatoms. The molecule has 1 amide bonds. The van der Waals surface area contributed by atoms with Gasteiger partial charge in [-0.25, -0.2) is 9.67 Å². The van der Waals surface area contributed by atoms with Gasteiger partial charge >= 0.3 is 0 Å². The molecule has 1 saturated carbocycles. The van der Waals surface area contributed by atoms with E-state index in [1.165, 1.54) is 24.4 Å². The topological polar surface area (TPSA) is 81.9 Å². The van der Waals surface area contributed by atoms with E-state index in [0.717, 1.165) is 31.1 Å². The Bertz CT molecular complexity index is 676. The molecule has 7 nitrogen and oxygen atoms in total. The molecule has 2 aromatic rings. The van der Waals surface area contributed by atoms with E-state index >= 15 is 0 Å². The minimum atomic E-state index is -0.243. The van der Waals surface area contributed by atoms with E-state index in [-0.39, 0.29) is 5.91 Å². The maximum absolute atomic E-state index is 12.3. The van der Waals surface area contributed by atoms with Crippen LogP contribution in [0, 0.1) is 5.92 Å². The molecule has 1 aliphatic heterocycles. The van der Waals surface area contributed by atoms with Crippen LogP contribution in [-0.2, 0) is 13.0 Å². The van der Waals surface area contributed by atoms with Crippen LogP contribution in [-0.4, -0.2) is 31.7 Å². The molecule has 1 fully saturated rings. The highest BCUT2D eigenvalue weighted by Crippen LogP contribution is 2.32. The highest BCUT2D eigenvalue weighted by atomic mass is 32.1. The third kappa shape index (κ3) is 2.63. The molecular formula is C13H15N5O2S. The maximum atomic E-state index is 12.3. The largest absolute Gasteiger partial charge is 0.477 e. The van der Waals surface area contributed by atoms with Crippen molar-refractivity contribution in [3.8, 4) is 5.88 Å². The Morgan fingerprint density at radius 3 is 3.29 bits per heavy atom. The lowest BCUT2D eigenvalue weighted by Crippen LogP contribution is -2.18. The van der Waals surface area contributed by atoms with Crippen LogP contribution in [0.1, 0.15) is 35.4 Å². The number of nitrogens with one attached hydrogen (secondary N) is 1. The van der Waals surface area contributed by atoms with E-state index in [1.54, 1.807) is 10.9 Å². The molecule has 0 aromatic carbocycles. The van der Waals surface area contributed by atoms with Gasteiger partial charge in [-0.15, -0.1) is 0 Å². The Morgan fingerprint density at radius 2 is 2.43 bits per heavy atom. The predicted molar refractivity (Wildman–Crippen MR) is 76.6 cm³/mol. The summed E-state index contributed by atoms with van der Waals surface area (Å²) in [6.45, 7) is 1.41. The summed E-state index contributed by atoms with van der Waals surface area (Å²) >= 11 is 1.22. The average molecular weight is 305 g/mol. The Labute approximate surface area is 125 Å². The smallest absolute Gasteiger partial charge is 0.264 e. The van der Waals surface area contributed by atoms with Crippen LogP contribution >= 0.6 is 11.5 Å². The van der Waals surface area contributed by atoms with Crippen molar-refractivity contribution >= 4 is 22.6 Å². The van der Waals surface area contributed by atoms with Gasteiger partial charge in [-0.05, 0) is 18.8 Å². The second-order valence-corrected chi connectivity index (χ2v) is 6.16. The first-order valence-electron chi connectivity index (χ1n) is 7.12. The number of aryl methyl sites for hydroxylation is 1. The molecule has 0 bridgehead atoms. The first-order valence-corrected chi connectivity index (χ1v) is 7.89. The van der Waals surface area contributed by atoms with Gasteiger partial charge in [0.2, 0.25) is 11.0 Å². The minimum absolute atomic E-state index is 0.243. The van der Waals surface area contributed by atoms with E-state index in [0.29, 0.717) is 23.2 Å². The second kappa shape index (κ2) is 5.10. The Morgan fingerprint density at radius 1 is 1.52 bits per heavy atom. The van der Waals surface area contributed by atoms with Gasteiger partial charge in [0.05, 0.1) is 12.8 Å². The molecule has 0 unspecified atom stereocenters. The van der Waals surface area contributed by atoms with Crippen LogP contribution in [0.2, 0.25) is 0 Å². The molecule has 0 atom stereocenters. The lowest BCUT2D eigenvalue weighted by Gasteiger charge is -2.15. The molecule has 0 spiro atoms. The van der Waals surface area contributed by atoms with Crippen molar-refractivity contribution in [2.45, 2.75) is 32.2 Å². The highest BCUT2D eigenvalue weighted by molar-refractivity contribution is 7.09. The van der Waals surface area contributed by atoms with Crippen LogP contribution in [0.15, 0.2) is 6.20 Å². The molecule has 1 aliphatic carbocycles. The van der Waals surface area contributed by atoms with Crippen molar-refractivity contribution in [2.75, 3.05) is 11.9 Å². The molecule has 0 radical (unpaired) electrons. The van der Waals surface area contributed by atoms with Crippen molar-refractivity contribution in [1.82, 2.24) is 19.1 Å². The molecule has 0 saturated heterocycles. The first kappa shape index (κ1) is 12.8. The predicted octanol–water partition coefficient (Wildman–Crippen LogP) is 1.72. The average Bonchev–Trinajstić information content (AvgIpc) is 3.02. The molecule has 110 valence electrons. The van der Waals surface area contributed by atoms with Gasteiger partial charge < -0.3 is 4.74 Å². The van der Waals surface area contributed by atoms with Crippen LogP contribution < -0.4 is 10.1 Å². The highest BCUT2D eigenvalue weighted by Gasteiger charge is 2.25. The van der Waals surface area contributed by atoms with Crippen molar-refractivity contribution < 1.29 is 9.53 Å². The first-order chi connectivity index (χ1) is 10.3. The van der Waals surface area contributed by atoms with Gasteiger partial charge in [0, 0.05) is 30.9 Å². The normalized spacial score (nSPS) is 17.1. The van der Waals surface area contributed by atoms with Crippen molar-refractivity contribution in [3.63, 3.8) is 0 Å². The number of fused-ring (bicyclic) bond motifs is 1. The SMILES string of the molecule is O=C(Nc1nc(CC2CC2)ns1)c1cnn2c1OCCC2. The van der Waals surface area contributed by atoms with Crippen LogP contribution in [0.3, 0.4) is 0 Å². The summed E-state index contributed by atoms with van der Waals surface area (Å²) < 4.78 is 11.5. The quantitative estimate of drug-likeness (QED) is 0.930. The summed E-state index contributed by atoms with van der Waals surface area (Å²) in [6.07, 6.45) is 5.90. The maximum Gasteiger partial charge on any atom is 0.264 e. The minimum Gasteiger partial charge on any atom is -0.477 e. The lowest BCUT2D eigenvalue weighted by molar-refractivity contribution is 0.102. The van der Waals surface area contributed by atoms with Gasteiger partial charge in [-0.3, -0.25) is 10.1 Å². The van der Waals surface area contributed by atoms with Crippen LogP contribution in [0.4, 0.5) is 5.13 Å². The van der Waals surface area contributed by atoms with E-state index in [2.05, 4.69) is 19.8 Å². The number of hydrogen-bond donors (Lipinski definition) is 1. The Kier molecular flexibility index (Phi) is 3.10. The molecule has 2 aliphatic rings. The van der Waals surface area contributed by atoms with Gasteiger partial charge in [-0.1, -0.05) is 0 Å². The molecule has 3 heterocycles. The monoisotopic (exact) mass is 305 g/mol. The number of ether oxygens (including phenoxy) is 1. The molecule has 4 rings (SSSR count). The van der Waals surface area contributed by atoms with E-state index in [1.807, 2.05) is 0 Å². The second-order valence-electron chi connectivity index (χ2n) is 5.41. The Balaban J connectivity index is 1.47. The summed E-state index contributed by atoms with van der Waals surface area (Å²) in [7, 11) is 0. The Hall–Kier alpha value is -1.96. The third-order valence-electron chi connectivity index (χ3n) is 3.65. The molecular weight excluding hydrogens is 290 g/mol. The van der Waals surface area contributed by atoms with Crippen LogP contribution in [0.5, 0.6) is 5.88 Å². The standard InChI is InChI=1S/C13H15N5O2S/c19-11(9-7-14-18-4-1-5-20-12(9)18)16-13-15-10(17-21-13)6-8-2-3-8/h7-8H,1-6H2,(H,15,16,17,19). The van der Waals surface area contributed by atoms with Gasteiger partial charge in [-0.2, -0.15) is 9.47 Å². The number of amides is 1. The van der Waals surface area contributed by atoms with Crippen molar-refractivity contribution in [3.05, 3.63) is 17.6 Å². The fourth-order valence-corrected chi connectivity index (χ4v) is 2.95. The van der Waals surface area contributed by atoms with Gasteiger partial charge in [0.25, 0.3) is 5.91 Å². The number of aromatic nitrogens is 4. The van der Waals surface area contributed by atoms with Gasteiger partial charge in [0.15, 0.2) is 0 Å². The summed E-state index contributed by atoms with van der Waals surface area (Å²) in [6, 6.07) is 0. The number of hydrogen-bond acceptors (Lipinski definition) is 6. The van der Waals surface area contributed by atoms with E-state index in [9.17, 15) is 4.79 Å². The van der Waals surface area contributed by atoms with Crippen LogP contribution in [0.25, 0.3) is 0 Å². The summed E-state index contributed by atoms with van der Waals surface area (Å²) in [4.78, 5) is 16.6. The zero-order chi connectivity index (χ0) is 14.2. The third-order valence-corrected chi connectivity index (χ3v) is 4.31. The fourth-order valence-electron chi connectivity index (χ4n) is 2.36. The van der Waals surface area contributed by atoms with Gasteiger partial charge in [0.1, 0.15) is 11.4 Å². The summed E-state index contributed by atoms with van der Waals surface area (Å²) in [5, 5.41) is 7.49. The number of rotatable bonds is 4. The zero-order valence-electron chi connectivity index (χ0n) is 11.4.